The molecule has 0 amide bonds. The van der Waals surface area contributed by atoms with Crippen LogP contribution in [0.2, 0.25) is 0 Å². The summed E-state index contributed by atoms with van der Waals surface area (Å²) in [6.07, 6.45) is 0.848. The van der Waals surface area contributed by atoms with Crippen molar-refractivity contribution in [3.05, 3.63) is 57.5 Å². The molecule has 5 heteroatoms. The number of esters is 1. The van der Waals surface area contributed by atoms with Crippen molar-refractivity contribution >= 4 is 17.3 Å². The van der Waals surface area contributed by atoms with Crippen LogP contribution in [0, 0.1) is 5.82 Å². The van der Waals surface area contributed by atoms with Crippen molar-refractivity contribution in [3.8, 4) is 0 Å². The first-order chi connectivity index (χ1) is 9.70. The van der Waals surface area contributed by atoms with Crippen LogP contribution in [-0.2, 0) is 22.5 Å². The fraction of sp³-hybridized carbons (Fsp3) is 0.267. The Morgan fingerprint density at radius 2 is 2.20 bits per heavy atom. The summed E-state index contributed by atoms with van der Waals surface area (Å²) in [4.78, 5) is 12.5. The smallest absolute Gasteiger partial charge is 0.340 e. The molecule has 1 aromatic heterocycles. The van der Waals surface area contributed by atoms with E-state index in [1.165, 1.54) is 24.1 Å². The van der Waals surface area contributed by atoms with Gasteiger partial charge in [0.05, 0.1) is 25.9 Å². The predicted octanol–water partition coefficient (Wildman–Crippen LogP) is 3.43. The molecule has 0 saturated carbocycles. The van der Waals surface area contributed by atoms with E-state index in [2.05, 4.69) is 10.8 Å². The highest BCUT2D eigenvalue weighted by atomic mass is 32.1. The molecule has 1 aromatic carbocycles. The average molecular weight is 294 g/mol. The Kier molecular flexibility index (Phi) is 5.26. The third-order valence-electron chi connectivity index (χ3n) is 2.78. The quantitative estimate of drug-likeness (QED) is 0.605. The van der Waals surface area contributed by atoms with Crippen molar-refractivity contribution in [1.82, 2.24) is 0 Å². The number of methoxy groups -OCH3 is 1. The highest BCUT2D eigenvalue weighted by molar-refractivity contribution is 7.09. The third-order valence-corrected chi connectivity index (χ3v) is 3.72. The van der Waals surface area contributed by atoms with Gasteiger partial charge in [-0.1, -0.05) is 12.1 Å². The van der Waals surface area contributed by atoms with Crippen LogP contribution in [0.25, 0.3) is 0 Å². The number of benzene rings is 1. The molecule has 3 nitrogen and oxygen atoms in total. The molecular weight excluding hydrogens is 279 g/mol. The number of ether oxygens (including phenoxy) is 2. The minimum absolute atomic E-state index is 0.0603. The Labute approximate surface area is 121 Å². The van der Waals surface area contributed by atoms with Crippen LogP contribution in [0.4, 0.5) is 4.39 Å². The van der Waals surface area contributed by atoms with E-state index < -0.39 is 11.8 Å². The molecule has 0 fully saturated rings. The highest BCUT2D eigenvalue weighted by Gasteiger charge is 2.12. The van der Waals surface area contributed by atoms with Crippen molar-refractivity contribution in [2.24, 2.45) is 0 Å². The molecular formula is C15H15FO3S. The van der Waals surface area contributed by atoms with Gasteiger partial charge in [-0.15, -0.1) is 11.3 Å². The van der Waals surface area contributed by atoms with Gasteiger partial charge in [0, 0.05) is 11.3 Å². The summed E-state index contributed by atoms with van der Waals surface area (Å²) < 4.78 is 23.7. The molecule has 0 spiro atoms. The summed E-state index contributed by atoms with van der Waals surface area (Å²) in [7, 11) is 1.23. The number of hydrogen-bond acceptors (Lipinski definition) is 4. The van der Waals surface area contributed by atoms with Gasteiger partial charge in [-0.2, -0.15) is 0 Å². The molecule has 0 bridgehead atoms. The summed E-state index contributed by atoms with van der Waals surface area (Å²) in [5, 5.41) is 2.02. The van der Waals surface area contributed by atoms with Gasteiger partial charge < -0.3 is 9.47 Å². The van der Waals surface area contributed by atoms with E-state index in [0.717, 1.165) is 6.42 Å². The molecule has 0 N–H and O–H groups in total. The van der Waals surface area contributed by atoms with E-state index >= 15 is 0 Å². The van der Waals surface area contributed by atoms with Gasteiger partial charge in [0.2, 0.25) is 0 Å². The zero-order valence-electron chi connectivity index (χ0n) is 11.1. The van der Waals surface area contributed by atoms with Crippen molar-refractivity contribution in [3.63, 3.8) is 0 Å². The summed E-state index contributed by atoms with van der Waals surface area (Å²) in [6.45, 7) is 0.907. The van der Waals surface area contributed by atoms with Crippen LogP contribution in [0.5, 0.6) is 0 Å². The first kappa shape index (κ1) is 14.7. The maximum absolute atomic E-state index is 13.7. The summed E-state index contributed by atoms with van der Waals surface area (Å²) in [5.41, 5.74) is 0.635. The minimum Gasteiger partial charge on any atom is -0.465 e. The Bertz CT molecular complexity index is 567. The monoisotopic (exact) mass is 294 g/mol. The predicted molar refractivity (Wildman–Crippen MR) is 75.4 cm³/mol. The molecule has 106 valence electrons. The Hall–Kier alpha value is -1.72. The van der Waals surface area contributed by atoms with Crippen LogP contribution in [-0.4, -0.2) is 19.7 Å². The van der Waals surface area contributed by atoms with Crippen molar-refractivity contribution in [1.29, 1.82) is 0 Å². The number of hydrogen-bond donors (Lipinski definition) is 0. The summed E-state index contributed by atoms with van der Waals surface area (Å²) >= 11 is 1.69. The van der Waals surface area contributed by atoms with Crippen LogP contribution in [0.15, 0.2) is 35.7 Å². The van der Waals surface area contributed by atoms with Gasteiger partial charge in [0.1, 0.15) is 5.82 Å². The van der Waals surface area contributed by atoms with E-state index in [1.54, 1.807) is 17.4 Å². The number of carbonyl (C=O) groups excluding carboxylic acids is 1. The summed E-state index contributed by atoms with van der Waals surface area (Å²) in [5.74, 6) is -1.26. The SMILES string of the molecule is COC(=O)c1ccc(COCCc2cccs2)cc1F. The first-order valence-electron chi connectivity index (χ1n) is 6.17. The highest BCUT2D eigenvalue weighted by Crippen LogP contribution is 2.13. The van der Waals surface area contributed by atoms with Gasteiger partial charge in [0.15, 0.2) is 0 Å². The lowest BCUT2D eigenvalue weighted by Gasteiger charge is -2.06. The molecule has 20 heavy (non-hydrogen) atoms. The largest absolute Gasteiger partial charge is 0.465 e. The minimum atomic E-state index is -0.673. The van der Waals surface area contributed by atoms with Crippen LogP contribution in [0.3, 0.4) is 0 Å². The van der Waals surface area contributed by atoms with E-state index in [9.17, 15) is 9.18 Å². The molecule has 0 unspecified atom stereocenters. The first-order valence-corrected chi connectivity index (χ1v) is 7.05. The number of carbonyl (C=O) groups is 1. The van der Waals surface area contributed by atoms with Gasteiger partial charge in [-0.25, -0.2) is 9.18 Å². The topological polar surface area (TPSA) is 35.5 Å². The van der Waals surface area contributed by atoms with Crippen molar-refractivity contribution in [2.45, 2.75) is 13.0 Å². The molecule has 0 aliphatic rings. The molecule has 1 heterocycles. The maximum atomic E-state index is 13.7. The Balaban J connectivity index is 1.84. The lowest BCUT2D eigenvalue weighted by atomic mass is 10.1. The number of rotatable bonds is 6. The van der Waals surface area contributed by atoms with E-state index in [-0.39, 0.29) is 5.56 Å². The molecule has 2 aromatic rings. The third kappa shape index (κ3) is 3.88. The molecule has 2 rings (SSSR count). The van der Waals surface area contributed by atoms with E-state index in [1.807, 2.05) is 11.4 Å². The second kappa shape index (κ2) is 7.17. The second-order valence-corrected chi connectivity index (χ2v) is 5.22. The van der Waals surface area contributed by atoms with Crippen LogP contribution in [0.1, 0.15) is 20.8 Å². The Morgan fingerprint density at radius 1 is 1.35 bits per heavy atom. The molecule has 0 aliphatic heterocycles. The summed E-state index contributed by atoms with van der Waals surface area (Å²) in [6, 6.07) is 8.44. The van der Waals surface area contributed by atoms with Crippen molar-refractivity contribution in [2.75, 3.05) is 13.7 Å². The molecule has 0 radical (unpaired) electrons. The fourth-order valence-corrected chi connectivity index (χ4v) is 2.43. The van der Waals surface area contributed by atoms with E-state index in [4.69, 9.17) is 4.74 Å². The molecule has 0 saturated heterocycles. The van der Waals surface area contributed by atoms with Gasteiger partial charge >= 0.3 is 5.97 Å². The molecule has 0 atom stereocenters. The van der Waals surface area contributed by atoms with Crippen LogP contribution < -0.4 is 0 Å². The van der Waals surface area contributed by atoms with Gasteiger partial charge in [-0.3, -0.25) is 0 Å². The molecule has 0 aliphatic carbocycles. The zero-order valence-corrected chi connectivity index (χ0v) is 11.9. The van der Waals surface area contributed by atoms with Crippen LogP contribution >= 0.6 is 11.3 Å². The van der Waals surface area contributed by atoms with Crippen molar-refractivity contribution < 1.29 is 18.7 Å². The van der Waals surface area contributed by atoms with Gasteiger partial charge in [0.25, 0.3) is 0 Å². The van der Waals surface area contributed by atoms with Gasteiger partial charge in [-0.05, 0) is 29.1 Å². The second-order valence-electron chi connectivity index (χ2n) is 4.19. The van der Waals surface area contributed by atoms with E-state index in [0.29, 0.717) is 18.8 Å². The lowest BCUT2D eigenvalue weighted by molar-refractivity contribution is 0.0595. The average Bonchev–Trinajstić information content (AvgIpc) is 2.96. The lowest BCUT2D eigenvalue weighted by Crippen LogP contribution is -2.05. The Morgan fingerprint density at radius 3 is 2.85 bits per heavy atom. The number of thiophene rings is 1. The maximum Gasteiger partial charge on any atom is 0.340 e. The standard InChI is InChI=1S/C15H15FO3S/c1-18-15(17)13-5-4-11(9-14(13)16)10-19-7-6-12-3-2-8-20-12/h2-5,8-9H,6-7,10H2,1H3. The normalized spacial score (nSPS) is 10.5. The zero-order chi connectivity index (χ0) is 14.4. The fourth-order valence-electron chi connectivity index (χ4n) is 1.74. The number of halogens is 1.